The van der Waals surface area contributed by atoms with Crippen LogP contribution in [0.25, 0.3) is 11.0 Å². The molecule has 0 aliphatic heterocycles. The molecule has 5 heteroatoms. The fourth-order valence-corrected chi connectivity index (χ4v) is 3.07. The summed E-state index contributed by atoms with van der Waals surface area (Å²) >= 11 is 0. The Bertz CT molecular complexity index is 961. The zero-order valence-electron chi connectivity index (χ0n) is 16.4. The minimum absolute atomic E-state index is 0.0636. The standard InChI is InChI=1S/C23H25NO4/c1-15-9-10-20-19(14-27-21(20)11-15)12-22(25)28-17(3)23(26)24-13-16(2)18-7-5-4-6-8-18/h4-11,14,16-17H,12-13H2,1-3H3,(H,24,26)/t16-,17-/m1/s1. The van der Waals surface area contributed by atoms with Gasteiger partial charge in [-0.3, -0.25) is 9.59 Å². The molecule has 146 valence electrons. The molecule has 28 heavy (non-hydrogen) atoms. The lowest BCUT2D eigenvalue weighted by Crippen LogP contribution is -2.37. The van der Waals surface area contributed by atoms with Crippen molar-refractivity contribution in [3.8, 4) is 0 Å². The first-order chi connectivity index (χ1) is 13.4. The number of carbonyl (C=O) groups is 2. The van der Waals surface area contributed by atoms with Gasteiger partial charge in [0.15, 0.2) is 6.10 Å². The van der Waals surface area contributed by atoms with Crippen molar-refractivity contribution >= 4 is 22.8 Å². The summed E-state index contributed by atoms with van der Waals surface area (Å²) in [7, 11) is 0. The van der Waals surface area contributed by atoms with Crippen LogP contribution in [0.15, 0.2) is 59.2 Å². The number of furan rings is 1. The van der Waals surface area contributed by atoms with Crippen LogP contribution in [-0.2, 0) is 20.7 Å². The molecule has 0 radical (unpaired) electrons. The van der Waals surface area contributed by atoms with Crippen molar-refractivity contribution < 1.29 is 18.7 Å². The average Bonchev–Trinajstić information content (AvgIpc) is 3.07. The van der Waals surface area contributed by atoms with E-state index in [4.69, 9.17) is 9.15 Å². The fourth-order valence-electron chi connectivity index (χ4n) is 3.07. The van der Waals surface area contributed by atoms with E-state index in [0.717, 1.165) is 27.7 Å². The molecule has 1 aromatic heterocycles. The molecule has 0 aliphatic rings. The summed E-state index contributed by atoms with van der Waals surface area (Å²) in [6.45, 7) is 6.08. The quantitative estimate of drug-likeness (QED) is 0.627. The van der Waals surface area contributed by atoms with E-state index in [-0.39, 0.29) is 18.2 Å². The Morgan fingerprint density at radius 2 is 1.86 bits per heavy atom. The largest absolute Gasteiger partial charge is 0.464 e. The van der Waals surface area contributed by atoms with Gasteiger partial charge >= 0.3 is 5.97 Å². The van der Waals surface area contributed by atoms with E-state index in [1.54, 1.807) is 13.2 Å². The van der Waals surface area contributed by atoms with E-state index < -0.39 is 12.1 Å². The van der Waals surface area contributed by atoms with E-state index in [1.807, 2.05) is 62.4 Å². The molecule has 0 saturated heterocycles. The van der Waals surface area contributed by atoms with Gasteiger partial charge < -0.3 is 14.5 Å². The lowest BCUT2D eigenvalue weighted by atomic mass is 10.0. The molecule has 0 saturated carbocycles. The Morgan fingerprint density at radius 3 is 2.61 bits per heavy atom. The topological polar surface area (TPSA) is 68.5 Å². The molecule has 3 rings (SSSR count). The van der Waals surface area contributed by atoms with Crippen LogP contribution in [0, 0.1) is 6.92 Å². The second kappa shape index (κ2) is 8.74. The summed E-state index contributed by atoms with van der Waals surface area (Å²) in [5.74, 6) is -0.584. The number of carbonyl (C=O) groups excluding carboxylic acids is 2. The summed E-state index contributed by atoms with van der Waals surface area (Å²) in [6.07, 6.45) is 0.780. The van der Waals surface area contributed by atoms with Crippen molar-refractivity contribution in [1.82, 2.24) is 5.32 Å². The number of nitrogens with one attached hydrogen (secondary N) is 1. The number of fused-ring (bicyclic) bond motifs is 1. The maximum Gasteiger partial charge on any atom is 0.311 e. The average molecular weight is 379 g/mol. The van der Waals surface area contributed by atoms with Gasteiger partial charge in [-0.25, -0.2) is 0 Å². The third-order valence-electron chi connectivity index (χ3n) is 4.77. The van der Waals surface area contributed by atoms with Crippen LogP contribution < -0.4 is 5.32 Å². The van der Waals surface area contributed by atoms with Gasteiger partial charge in [-0.2, -0.15) is 0 Å². The number of rotatable bonds is 7. The van der Waals surface area contributed by atoms with Gasteiger partial charge in [-0.05, 0) is 37.0 Å². The van der Waals surface area contributed by atoms with Gasteiger partial charge in [-0.1, -0.05) is 49.4 Å². The summed E-state index contributed by atoms with van der Waals surface area (Å²) in [6, 6.07) is 15.8. The Kier molecular flexibility index (Phi) is 6.14. The smallest absolute Gasteiger partial charge is 0.311 e. The van der Waals surface area contributed by atoms with Gasteiger partial charge in [0.2, 0.25) is 0 Å². The molecule has 3 aromatic rings. The van der Waals surface area contributed by atoms with Crippen molar-refractivity contribution in [2.24, 2.45) is 0 Å². The molecule has 5 nitrogen and oxygen atoms in total. The number of hydrogen-bond acceptors (Lipinski definition) is 4. The molecule has 0 bridgehead atoms. The van der Waals surface area contributed by atoms with Crippen LogP contribution in [-0.4, -0.2) is 24.5 Å². The van der Waals surface area contributed by atoms with Crippen LogP contribution in [0.2, 0.25) is 0 Å². The third kappa shape index (κ3) is 4.80. The predicted molar refractivity (Wildman–Crippen MR) is 108 cm³/mol. The summed E-state index contributed by atoms with van der Waals surface area (Å²) in [5, 5.41) is 3.73. The van der Waals surface area contributed by atoms with Crippen molar-refractivity contribution in [2.75, 3.05) is 6.54 Å². The third-order valence-corrected chi connectivity index (χ3v) is 4.77. The Morgan fingerprint density at radius 1 is 1.11 bits per heavy atom. The molecule has 1 heterocycles. The van der Waals surface area contributed by atoms with Crippen LogP contribution >= 0.6 is 0 Å². The highest BCUT2D eigenvalue weighted by Crippen LogP contribution is 2.23. The van der Waals surface area contributed by atoms with Crippen LogP contribution in [0.3, 0.4) is 0 Å². The zero-order valence-corrected chi connectivity index (χ0v) is 16.4. The van der Waals surface area contributed by atoms with E-state index in [1.165, 1.54) is 0 Å². The first kappa shape index (κ1) is 19.7. The van der Waals surface area contributed by atoms with E-state index >= 15 is 0 Å². The van der Waals surface area contributed by atoms with Crippen molar-refractivity contribution in [3.63, 3.8) is 0 Å². The second-order valence-electron chi connectivity index (χ2n) is 7.13. The normalized spacial score (nSPS) is 13.1. The summed E-state index contributed by atoms with van der Waals surface area (Å²) < 4.78 is 10.8. The van der Waals surface area contributed by atoms with Crippen LogP contribution in [0.1, 0.15) is 36.5 Å². The molecule has 0 unspecified atom stereocenters. The van der Waals surface area contributed by atoms with Crippen molar-refractivity contribution in [3.05, 3.63) is 71.5 Å². The minimum atomic E-state index is -0.851. The molecular weight excluding hydrogens is 354 g/mol. The number of ether oxygens (including phenoxy) is 1. The van der Waals surface area contributed by atoms with Gasteiger partial charge in [0.05, 0.1) is 12.7 Å². The molecule has 0 fully saturated rings. The Labute approximate surface area is 164 Å². The second-order valence-corrected chi connectivity index (χ2v) is 7.13. The van der Waals surface area contributed by atoms with Gasteiger partial charge in [-0.15, -0.1) is 0 Å². The zero-order chi connectivity index (χ0) is 20.1. The Balaban J connectivity index is 1.51. The fraction of sp³-hybridized carbons (Fsp3) is 0.304. The Hall–Kier alpha value is -3.08. The number of benzene rings is 2. The molecule has 0 aliphatic carbocycles. The predicted octanol–water partition coefficient (Wildman–Crippen LogP) is 4.14. The maximum atomic E-state index is 12.3. The molecule has 2 aromatic carbocycles. The van der Waals surface area contributed by atoms with Crippen LogP contribution in [0.4, 0.5) is 0 Å². The highest BCUT2D eigenvalue weighted by Gasteiger charge is 2.20. The summed E-state index contributed by atoms with van der Waals surface area (Å²) in [5.41, 5.74) is 3.73. The van der Waals surface area contributed by atoms with E-state index in [0.29, 0.717) is 6.54 Å². The number of amides is 1. The monoisotopic (exact) mass is 379 g/mol. The van der Waals surface area contributed by atoms with Crippen molar-refractivity contribution in [2.45, 2.75) is 39.2 Å². The van der Waals surface area contributed by atoms with Gasteiger partial charge in [0.1, 0.15) is 5.58 Å². The molecule has 1 N–H and O–H groups in total. The van der Waals surface area contributed by atoms with Gasteiger partial charge in [0.25, 0.3) is 5.91 Å². The number of aryl methyl sites for hydroxylation is 1. The molecule has 2 atom stereocenters. The van der Waals surface area contributed by atoms with E-state index in [9.17, 15) is 9.59 Å². The highest BCUT2D eigenvalue weighted by molar-refractivity contribution is 5.88. The number of esters is 1. The maximum absolute atomic E-state index is 12.3. The van der Waals surface area contributed by atoms with E-state index in [2.05, 4.69) is 5.32 Å². The molecular formula is C23H25NO4. The van der Waals surface area contributed by atoms with Crippen LogP contribution in [0.5, 0.6) is 0 Å². The number of hydrogen-bond donors (Lipinski definition) is 1. The molecule has 0 spiro atoms. The van der Waals surface area contributed by atoms with Gasteiger partial charge in [0, 0.05) is 17.5 Å². The SMILES string of the molecule is Cc1ccc2c(CC(=O)O[C@H](C)C(=O)NC[C@@H](C)c3ccccc3)coc2c1. The lowest BCUT2D eigenvalue weighted by molar-refractivity contribution is -0.154. The lowest BCUT2D eigenvalue weighted by Gasteiger charge is -2.16. The molecule has 1 amide bonds. The first-order valence-electron chi connectivity index (χ1n) is 9.43. The highest BCUT2D eigenvalue weighted by atomic mass is 16.5. The van der Waals surface area contributed by atoms with Crippen molar-refractivity contribution in [1.29, 1.82) is 0 Å². The first-order valence-corrected chi connectivity index (χ1v) is 9.43. The minimum Gasteiger partial charge on any atom is -0.464 e. The summed E-state index contributed by atoms with van der Waals surface area (Å²) in [4.78, 5) is 24.5.